The number of nitrogens with one attached hydrogen (secondary N) is 1. The van der Waals surface area contributed by atoms with E-state index in [1.54, 1.807) is 12.3 Å². The summed E-state index contributed by atoms with van der Waals surface area (Å²) in [6.07, 6.45) is 6.48. The van der Waals surface area contributed by atoms with Crippen molar-refractivity contribution < 1.29 is 9.53 Å². The number of hydrogen-bond acceptors (Lipinski definition) is 7. The Morgan fingerprint density at radius 2 is 1.97 bits per heavy atom. The zero-order valence-corrected chi connectivity index (χ0v) is 18.6. The predicted molar refractivity (Wildman–Crippen MR) is 130 cm³/mol. The van der Waals surface area contributed by atoms with Crippen molar-refractivity contribution in [1.29, 1.82) is 0 Å². The molecule has 5 rings (SSSR count). The van der Waals surface area contributed by atoms with Crippen molar-refractivity contribution in [2.45, 2.75) is 18.8 Å². The van der Waals surface area contributed by atoms with E-state index in [0.29, 0.717) is 23.8 Å². The maximum atomic E-state index is 12.1. The molecule has 0 radical (unpaired) electrons. The minimum absolute atomic E-state index is 0.0385. The molecular formula is C26H24N6O2. The Morgan fingerprint density at radius 3 is 2.76 bits per heavy atom. The lowest BCUT2D eigenvalue weighted by Crippen LogP contribution is -2.38. The average molecular weight is 453 g/mol. The minimum Gasteiger partial charge on any atom is -0.439 e. The molecular weight excluding hydrogens is 428 g/mol. The summed E-state index contributed by atoms with van der Waals surface area (Å²) in [5, 5.41) is 3.29. The fraction of sp³-hybridized carbons (Fsp3) is 0.192. The monoisotopic (exact) mass is 452 g/mol. The lowest BCUT2D eigenvalue weighted by Gasteiger charge is -2.31. The molecule has 1 fully saturated rings. The second kappa shape index (κ2) is 9.66. The van der Waals surface area contributed by atoms with E-state index in [1.165, 1.54) is 12.4 Å². The summed E-state index contributed by atoms with van der Waals surface area (Å²) >= 11 is 0. The Bertz CT molecular complexity index is 1310. The van der Waals surface area contributed by atoms with Gasteiger partial charge in [-0.25, -0.2) is 19.9 Å². The largest absolute Gasteiger partial charge is 0.439 e. The van der Waals surface area contributed by atoms with Gasteiger partial charge in [0.2, 0.25) is 11.8 Å². The molecule has 1 aromatic carbocycles. The van der Waals surface area contributed by atoms with Crippen LogP contribution in [0.25, 0.3) is 11.0 Å². The highest BCUT2D eigenvalue weighted by Gasteiger charge is 2.25. The number of para-hydroxylation sites is 1. The molecule has 1 saturated heterocycles. The molecule has 0 unspecified atom stereocenters. The van der Waals surface area contributed by atoms with Crippen LogP contribution in [0.5, 0.6) is 11.6 Å². The highest BCUT2D eigenvalue weighted by atomic mass is 16.5. The molecule has 0 saturated carbocycles. The van der Waals surface area contributed by atoms with Gasteiger partial charge in [0.1, 0.15) is 17.6 Å². The minimum atomic E-state index is -0.0385. The van der Waals surface area contributed by atoms with Crippen molar-refractivity contribution in [3.8, 4) is 11.6 Å². The number of likely N-dealkylation sites (tertiary alicyclic amines) is 1. The maximum absolute atomic E-state index is 12.1. The number of pyridine rings is 2. The van der Waals surface area contributed by atoms with E-state index in [2.05, 4.69) is 26.8 Å². The summed E-state index contributed by atoms with van der Waals surface area (Å²) in [5.74, 6) is 1.95. The molecule has 1 amide bonds. The van der Waals surface area contributed by atoms with Gasteiger partial charge >= 0.3 is 0 Å². The molecule has 8 heteroatoms. The first-order valence-electron chi connectivity index (χ1n) is 11.2. The van der Waals surface area contributed by atoms with Crippen LogP contribution in [0.1, 0.15) is 24.5 Å². The standard InChI is InChI=1S/C26H24N6O2/c1-2-24(33)32-14-6-7-18(16-32)21-11-12-22-25(31-21)26(29-17-28-22)30-19-10-13-23(27-15-19)34-20-8-4-3-5-9-20/h2-5,8-13,15,17-18H,1,6-7,14,16H2,(H,28,29,30)/t18-/m1/s1. The Hall–Kier alpha value is -4.33. The molecule has 4 heterocycles. The summed E-state index contributed by atoms with van der Waals surface area (Å²) in [6, 6.07) is 17.1. The van der Waals surface area contributed by atoms with Crippen LogP contribution in [-0.4, -0.2) is 43.8 Å². The van der Waals surface area contributed by atoms with Crippen LogP contribution in [0.3, 0.4) is 0 Å². The second-order valence-electron chi connectivity index (χ2n) is 8.08. The fourth-order valence-corrected chi connectivity index (χ4v) is 4.08. The number of amides is 1. The van der Waals surface area contributed by atoms with E-state index < -0.39 is 0 Å². The Morgan fingerprint density at radius 1 is 1.09 bits per heavy atom. The quantitative estimate of drug-likeness (QED) is 0.418. The molecule has 4 aromatic rings. The van der Waals surface area contributed by atoms with E-state index in [-0.39, 0.29) is 11.8 Å². The maximum Gasteiger partial charge on any atom is 0.245 e. The van der Waals surface area contributed by atoms with Crippen molar-refractivity contribution in [3.05, 3.63) is 85.5 Å². The zero-order valence-electron chi connectivity index (χ0n) is 18.6. The first-order valence-corrected chi connectivity index (χ1v) is 11.2. The molecule has 1 atom stereocenters. The molecule has 1 N–H and O–H groups in total. The SMILES string of the molecule is C=CC(=O)N1CCC[C@@H](c2ccc3ncnc(Nc4ccc(Oc5ccccc5)nc4)c3n2)C1. The van der Waals surface area contributed by atoms with E-state index in [1.807, 2.05) is 53.4 Å². The topological polar surface area (TPSA) is 93.1 Å². The van der Waals surface area contributed by atoms with E-state index in [0.717, 1.165) is 42.0 Å². The van der Waals surface area contributed by atoms with Crippen LogP contribution < -0.4 is 10.1 Å². The lowest BCUT2D eigenvalue weighted by molar-refractivity contribution is -0.127. The molecule has 34 heavy (non-hydrogen) atoms. The molecule has 1 aliphatic heterocycles. The van der Waals surface area contributed by atoms with Crippen molar-refractivity contribution in [2.24, 2.45) is 0 Å². The van der Waals surface area contributed by atoms with E-state index in [4.69, 9.17) is 9.72 Å². The number of ether oxygens (including phenoxy) is 1. The number of benzene rings is 1. The molecule has 170 valence electrons. The lowest BCUT2D eigenvalue weighted by atomic mass is 9.94. The zero-order chi connectivity index (χ0) is 23.3. The van der Waals surface area contributed by atoms with Crippen molar-refractivity contribution in [3.63, 3.8) is 0 Å². The number of rotatable bonds is 6. The molecule has 1 aliphatic rings. The number of aromatic nitrogens is 4. The smallest absolute Gasteiger partial charge is 0.245 e. The van der Waals surface area contributed by atoms with Crippen molar-refractivity contribution in [2.75, 3.05) is 18.4 Å². The third-order valence-corrected chi connectivity index (χ3v) is 5.79. The molecule has 0 spiro atoms. The Labute approximate surface area is 197 Å². The van der Waals surface area contributed by atoms with Gasteiger partial charge in [-0.1, -0.05) is 24.8 Å². The fourth-order valence-electron chi connectivity index (χ4n) is 4.08. The summed E-state index contributed by atoms with van der Waals surface area (Å²) in [6.45, 7) is 4.99. The van der Waals surface area contributed by atoms with Gasteiger partial charge in [-0.2, -0.15) is 0 Å². The van der Waals surface area contributed by atoms with Crippen LogP contribution >= 0.6 is 0 Å². The molecule has 0 aliphatic carbocycles. The van der Waals surface area contributed by atoms with Gasteiger partial charge in [-0.15, -0.1) is 0 Å². The van der Waals surface area contributed by atoms with Crippen molar-refractivity contribution in [1.82, 2.24) is 24.8 Å². The van der Waals surface area contributed by atoms with E-state index in [9.17, 15) is 4.79 Å². The third kappa shape index (κ3) is 4.71. The van der Waals surface area contributed by atoms with Gasteiger partial charge < -0.3 is 15.0 Å². The normalized spacial score (nSPS) is 15.6. The summed E-state index contributed by atoms with van der Waals surface area (Å²) < 4.78 is 5.76. The third-order valence-electron chi connectivity index (χ3n) is 5.79. The number of carbonyl (C=O) groups excluding carboxylic acids is 1. The number of nitrogens with zero attached hydrogens (tertiary/aromatic N) is 5. The number of carbonyl (C=O) groups is 1. The van der Waals surface area contributed by atoms with E-state index >= 15 is 0 Å². The van der Waals surface area contributed by atoms with Gasteiger partial charge in [0.15, 0.2) is 5.82 Å². The van der Waals surface area contributed by atoms with Gasteiger partial charge in [0.05, 0.1) is 17.4 Å². The highest BCUT2D eigenvalue weighted by Crippen LogP contribution is 2.29. The van der Waals surface area contributed by atoms with Gasteiger partial charge in [-0.3, -0.25) is 4.79 Å². The molecule has 3 aromatic heterocycles. The highest BCUT2D eigenvalue weighted by molar-refractivity contribution is 5.88. The van der Waals surface area contributed by atoms with Crippen LogP contribution in [0.4, 0.5) is 11.5 Å². The van der Waals surface area contributed by atoms with Gasteiger partial charge in [0, 0.05) is 30.8 Å². The first kappa shape index (κ1) is 21.5. The second-order valence-corrected chi connectivity index (χ2v) is 8.08. The first-order chi connectivity index (χ1) is 16.7. The van der Waals surface area contributed by atoms with Crippen LogP contribution in [0.2, 0.25) is 0 Å². The number of piperidine rings is 1. The average Bonchev–Trinajstić information content (AvgIpc) is 2.90. The van der Waals surface area contributed by atoms with Crippen LogP contribution in [-0.2, 0) is 4.79 Å². The van der Waals surface area contributed by atoms with Crippen molar-refractivity contribution >= 4 is 28.4 Å². The number of fused-ring (bicyclic) bond motifs is 1. The number of hydrogen-bond donors (Lipinski definition) is 1. The van der Waals surface area contributed by atoms with Crippen LogP contribution in [0, 0.1) is 0 Å². The predicted octanol–water partition coefficient (Wildman–Crippen LogP) is 4.85. The number of anilines is 2. The van der Waals surface area contributed by atoms with Crippen LogP contribution in [0.15, 0.2) is 79.8 Å². The summed E-state index contributed by atoms with van der Waals surface area (Å²) in [7, 11) is 0. The molecule has 0 bridgehead atoms. The summed E-state index contributed by atoms with van der Waals surface area (Å²) in [4.78, 5) is 32.0. The molecule has 8 nitrogen and oxygen atoms in total. The van der Waals surface area contributed by atoms with Gasteiger partial charge in [0.25, 0.3) is 0 Å². The van der Waals surface area contributed by atoms with Gasteiger partial charge in [-0.05, 0) is 49.2 Å². The summed E-state index contributed by atoms with van der Waals surface area (Å²) in [5.41, 5.74) is 3.11. The Kier molecular flexibility index (Phi) is 6.11. The Balaban J connectivity index is 1.36.